The minimum atomic E-state index is -0.449. The predicted octanol–water partition coefficient (Wildman–Crippen LogP) is 2.29. The molecule has 0 bridgehead atoms. The quantitative estimate of drug-likeness (QED) is 0.924. The van der Waals surface area contributed by atoms with E-state index in [4.69, 9.17) is 11.6 Å². The molecule has 1 amide bonds. The lowest BCUT2D eigenvalue weighted by Gasteiger charge is -2.14. The first-order valence-electron chi connectivity index (χ1n) is 7.25. The Balaban J connectivity index is 1.86. The van der Waals surface area contributed by atoms with Crippen LogP contribution in [-0.4, -0.2) is 44.9 Å². The zero-order chi connectivity index (χ0) is 15.9. The van der Waals surface area contributed by atoms with Crippen LogP contribution in [0.25, 0.3) is 5.69 Å². The maximum Gasteiger partial charge on any atom is 0.257 e. The second kappa shape index (κ2) is 5.74. The number of β-amino-alcohol motifs (C(OH)–C–C–N with tert-alkyl or cyclic N) is 1. The molecule has 0 radical (unpaired) electrons. The van der Waals surface area contributed by atoms with Crippen molar-refractivity contribution >= 4 is 17.5 Å². The molecule has 2 atom stereocenters. The lowest BCUT2D eigenvalue weighted by Crippen LogP contribution is -2.29. The lowest BCUT2D eigenvalue weighted by atomic mass is 10.1. The predicted molar refractivity (Wildman–Crippen MR) is 84.4 cm³/mol. The van der Waals surface area contributed by atoms with Gasteiger partial charge in [-0.1, -0.05) is 18.5 Å². The van der Waals surface area contributed by atoms with E-state index in [1.807, 2.05) is 26.0 Å². The zero-order valence-corrected chi connectivity index (χ0v) is 13.3. The second-order valence-electron chi connectivity index (χ2n) is 5.80. The summed E-state index contributed by atoms with van der Waals surface area (Å²) in [6.45, 7) is 4.72. The number of aryl methyl sites for hydroxylation is 1. The number of likely N-dealkylation sites (tertiary alicyclic amines) is 1. The Morgan fingerprint density at radius 2 is 2.00 bits per heavy atom. The van der Waals surface area contributed by atoms with Gasteiger partial charge in [0.05, 0.1) is 23.0 Å². The smallest absolute Gasteiger partial charge is 0.257 e. The van der Waals surface area contributed by atoms with Gasteiger partial charge in [0.15, 0.2) is 0 Å². The first-order valence-corrected chi connectivity index (χ1v) is 7.63. The minimum Gasteiger partial charge on any atom is -0.391 e. The van der Waals surface area contributed by atoms with E-state index >= 15 is 0 Å². The van der Waals surface area contributed by atoms with Crippen molar-refractivity contribution in [2.45, 2.75) is 20.0 Å². The van der Waals surface area contributed by atoms with Crippen LogP contribution in [0.4, 0.5) is 0 Å². The van der Waals surface area contributed by atoms with Crippen LogP contribution in [0.3, 0.4) is 0 Å². The van der Waals surface area contributed by atoms with Crippen LogP contribution >= 0.6 is 11.6 Å². The van der Waals surface area contributed by atoms with E-state index in [9.17, 15) is 9.90 Å². The largest absolute Gasteiger partial charge is 0.391 e. The van der Waals surface area contributed by atoms with Crippen molar-refractivity contribution in [3.63, 3.8) is 0 Å². The van der Waals surface area contributed by atoms with Crippen LogP contribution in [0.5, 0.6) is 0 Å². The molecule has 5 nitrogen and oxygen atoms in total. The van der Waals surface area contributed by atoms with E-state index in [1.54, 1.807) is 27.9 Å². The number of amides is 1. The van der Waals surface area contributed by atoms with Gasteiger partial charge in [-0.15, -0.1) is 0 Å². The van der Waals surface area contributed by atoms with Gasteiger partial charge < -0.3 is 10.0 Å². The molecular formula is C16H18ClN3O2. The Morgan fingerprint density at radius 1 is 1.32 bits per heavy atom. The highest BCUT2D eigenvalue weighted by Crippen LogP contribution is 2.21. The van der Waals surface area contributed by atoms with Gasteiger partial charge in [0.2, 0.25) is 0 Å². The maximum atomic E-state index is 12.6. The number of carbonyl (C=O) groups is 1. The van der Waals surface area contributed by atoms with E-state index < -0.39 is 6.10 Å². The molecule has 0 aliphatic carbocycles. The SMILES string of the molecule is Cc1nn(-c2ccc(Cl)cc2)cc1C(=O)N1CC(C)C(O)C1. The molecule has 3 rings (SSSR count). The molecule has 0 saturated carbocycles. The van der Waals surface area contributed by atoms with Crippen molar-refractivity contribution in [1.82, 2.24) is 14.7 Å². The number of hydrogen-bond acceptors (Lipinski definition) is 3. The topological polar surface area (TPSA) is 58.4 Å². The second-order valence-corrected chi connectivity index (χ2v) is 6.24. The summed E-state index contributed by atoms with van der Waals surface area (Å²) < 4.78 is 1.68. The Bertz CT molecular complexity index is 686. The molecule has 1 N–H and O–H groups in total. The monoisotopic (exact) mass is 319 g/mol. The summed E-state index contributed by atoms with van der Waals surface area (Å²) in [6.07, 6.45) is 1.28. The lowest BCUT2D eigenvalue weighted by molar-refractivity contribution is 0.0764. The summed E-state index contributed by atoms with van der Waals surface area (Å²) in [6, 6.07) is 7.28. The minimum absolute atomic E-state index is 0.0823. The summed E-state index contributed by atoms with van der Waals surface area (Å²) in [5.74, 6) is 0.0247. The number of benzene rings is 1. The van der Waals surface area contributed by atoms with Crippen molar-refractivity contribution in [3.05, 3.63) is 46.7 Å². The molecule has 116 valence electrons. The van der Waals surface area contributed by atoms with Gasteiger partial charge in [0.25, 0.3) is 5.91 Å². The van der Waals surface area contributed by atoms with Crippen LogP contribution in [0.15, 0.2) is 30.5 Å². The number of aromatic nitrogens is 2. The third-order valence-corrected chi connectivity index (χ3v) is 4.33. The molecule has 1 saturated heterocycles. The van der Waals surface area contributed by atoms with Crippen LogP contribution in [-0.2, 0) is 0 Å². The summed E-state index contributed by atoms with van der Waals surface area (Å²) >= 11 is 5.89. The number of rotatable bonds is 2. The highest BCUT2D eigenvalue weighted by Gasteiger charge is 2.32. The molecule has 0 spiro atoms. The van der Waals surface area contributed by atoms with Crippen molar-refractivity contribution in [1.29, 1.82) is 0 Å². The summed E-state index contributed by atoms with van der Waals surface area (Å²) in [5.41, 5.74) is 2.09. The number of nitrogens with zero attached hydrogens (tertiary/aromatic N) is 3. The fourth-order valence-electron chi connectivity index (χ4n) is 2.68. The van der Waals surface area contributed by atoms with Crippen molar-refractivity contribution < 1.29 is 9.90 Å². The van der Waals surface area contributed by atoms with E-state index in [0.717, 1.165) is 5.69 Å². The molecule has 1 fully saturated rings. The summed E-state index contributed by atoms with van der Waals surface area (Å²) in [4.78, 5) is 14.3. The van der Waals surface area contributed by atoms with Gasteiger partial charge in [-0.2, -0.15) is 5.10 Å². The van der Waals surface area contributed by atoms with Crippen LogP contribution < -0.4 is 0 Å². The Labute approximate surface area is 134 Å². The van der Waals surface area contributed by atoms with E-state index in [0.29, 0.717) is 29.4 Å². The van der Waals surface area contributed by atoms with Crippen LogP contribution in [0, 0.1) is 12.8 Å². The summed E-state index contributed by atoms with van der Waals surface area (Å²) in [5, 5.41) is 14.9. The van der Waals surface area contributed by atoms with Gasteiger partial charge >= 0.3 is 0 Å². The van der Waals surface area contributed by atoms with Crippen molar-refractivity contribution in [2.24, 2.45) is 5.92 Å². The number of halogens is 1. The van der Waals surface area contributed by atoms with Crippen molar-refractivity contribution in [2.75, 3.05) is 13.1 Å². The molecule has 2 heterocycles. The van der Waals surface area contributed by atoms with Gasteiger partial charge in [0, 0.05) is 30.2 Å². The molecule has 1 aromatic carbocycles. The van der Waals surface area contributed by atoms with Gasteiger partial charge in [0.1, 0.15) is 0 Å². The number of aliphatic hydroxyl groups excluding tert-OH is 1. The first-order chi connectivity index (χ1) is 10.5. The average molecular weight is 320 g/mol. The zero-order valence-electron chi connectivity index (χ0n) is 12.5. The molecule has 6 heteroatoms. The standard InChI is InChI=1S/C16H18ClN3O2/c1-10-7-19(9-15(10)21)16(22)14-8-20(18-11(14)2)13-5-3-12(17)4-6-13/h3-6,8,10,15,21H,7,9H2,1-2H3. The molecule has 1 aliphatic rings. The Morgan fingerprint density at radius 3 is 2.59 bits per heavy atom. The Kier molecular flexibility index (Phi) is 3.93. The first kappa shape index (κ1) is 15.1. The number of hydrogen-bond donors (Lipinski definition) is 1. The number of carbonyl (C=O) groups excluding carboxylic acids is 1. The van der Waals surface area contributed by atoms with E-state index in [2.05, 4.69) is 5.10 Å². The third-order valence-electron chi connectivity index (χ3n) is 4.08. The molecule has 2 aromatic rings. The maximum absolute atomic E-state index is 12.6. The molecule has 1 aliphatic heterocycles. The van der Waals surface area contributed by atoms with Crippen LogP contribution in [0.2, 0.25) is 5.02 Å². The third kappa shape index (κ3) is 2.74. The van der Waals surface area contributed by atoms with Gasteiger partial charge in [-0.05, 0) is 31.2 Å². The van der Waals surface area contributed by atoms with E-state index in [-0.39, 0.29) is 11.8 Å². The van der Waals surface area contributed by atoms with Crippen LogP contribution in [0.1, 0.15) is 23.0 Å². The molecule has 22 heavy (non-hydrogen) atoms. The normalized spacial score (nSPS) is 21.4. The summed E-state index contributed by atoms with van der Waals surface area (Å²) in [7, 11) is 0. The fraction of sp³-hybridized carbons (Fsp3) is 0.375. The Hall–Kier alpha value is -1.85. The fourth-order valence-corrected chi connectivity index (χ4v) is 2.81. The van der Waals surface area contributed by atoms with Gasteiger partial charge in [-0.3, -0.25) is 4.79 Å². The molecule has 2 unspecified atom stereocenters. The number of aliphatic hydroxyl groups is 1. The van der Waals surface area contributed by atoms with E-state index in [1.165, 1.54) is 0 Å². The van der Waals surface area contributed by atoms with Gasteiger partial charge in [-0.25, -0.2) is 4.68 Å². The molecular weight excluding hydrogens is 302 g/mol. The van der Waals surface area contributed by atoms with Crippen molar-refractivity contribution in [3.8, 4) is 5.69 Å². The molecule has 1 aromatic heterocycles. The highest BCUT2D eigenvalue weighted by molar-refractivity contribution is 6.30. The highest BCUT2D eigenvalue weighted by atomic mass is 35.5. The average Bonchev–Trinajstić information content (AvgIpc) is 3.03.